The number of nitrogens with one attached hydrogen (secondary N) is 3. The molecule has 362 valence electrons. The van der Waals surface area contributed by atoms with E-state index >= 15 is 0 Å². The maximum absolute atomic E-state index is 13.2. The Bertz CT molecular complexity index is 2770. The molecule has 0 spiro atoms. The van der Waals surface area contributed by atoms with Crippen molar-refractivity contribution in [1.29, 1.82) is 0 Å². The number of rotatable bonds is 18. The smallest absolute Gasteiger partial charge is 0.384 e. The summed E-state index contributed by atoms with van der Waals surface area (Å²) in [6.07, 6.45) is 15.5. The van der Waals surface area contributed by atoms with Gasteiger partial charge in [-0.25, -0.2) is 9.36 Å². The SMILES string of the molecule is CCCN1C(=CC=C2CCCC(C=CC3=[N+](CCC)c4ccccc4C3(C)C)=C2NCCC(=O)NCC#CCc2cn(C3CCC(COP(=O)(O)OC)O3)c(=O)[nH]c2=O)C(C)(C)c2ccccc21. The monoisotopic (exact) mass is 947 g/mol. The van der Waals surface area contributed by atoms with Crippen molar-refractivity contribution in [3.8, 4) is 11.8 Å². The van der Waals surface area contributed by atoms with Crippen LogP contribution in [0, 0.1) is 11.8 Å². The Hall–Kier alpha value is -5.55. The number of para-hydroxylation sites is 2. The van der Waals surface area contributed by atoms with E-state index in [1.807, 2.05) is 0 Å². The van der Waals surface area contributed by atoms with Crippen LogP contribution in [-0.4, -0.2) is 76.6 Å². The lowest BCUT2D eigenvalue weighted by molar-refractivity contribution is -0.437. The van der Waals surface area contributed by atoms with Gasteiger partial charge in [0.25, 0.3) is 5.56 Å². The molecule has 14 nitrogen and oxygen atoms in total. The second-order valence-corrected chi connectivity index (χ2v) is 20.4. The fraction of sp³-hybridized carbons (Fsp3) is 0.472. The lowest BCUT2D eigenvalue weighted by Gasteiger charge is -2.27. The van der Waals surface area contributed by atoms with Crippen molar-refractivity contribution in [3.05, 3.63) is 139 Å². The molecule has 15 heteroatoms. The highest BCUT2D eigenvalue weighted by atomic mass is 31.2. The van der Waals surface area contributed by atoms with Crippen LogP contribution in [0.3, 0.4) is 0 Å². The number of nitrogens with zero attached hydrogens (tertiary/aromatic N) is 3. The van der Waals surface area contributed by atoms with Gasteiger partial charge >= 0.3 is 13.5 Å². The number of ether oxygens (including phenoxy) is 1. The summed E-state index contributed by atoms with van der Waals surface area (Å²) in [4.78, 5) is 52.9. The van der Waals surface area contributed by atoms with Gasteiger partial charge in [-0.2, -0.15) is 4.58 Å². The average molecular weight is 948 g/mol. The van der Waals surface area contributed by atoms with Gasteiger partial charge in [-0.3, -0.25) is 28.2 Å². The number of fused-ring (bicyclic) bond motifs is 2. The number of aromatic nitrogens is 2. The standard InChI is InChI=1S/C53H67N6O8P/c1-8-33-57-43-22-12-10-20-41(43)52(3,4)45(57)27-24-37-18-16-19-38(25-28-46-53(5,6)42-21-11-13-23-44(42)58(46)34-9-2)49(37)55-32-30-47(60)54-31-15-14-17-39-35-59(51(62)56-50(39)61)48-29-26-40(67-48)36-66-68(63,64)65-7/h10-13,20-25,27-28,35,40,48H,8-9,16-19,26,29-34,36H2,1-7H3,(H3,54,56,60,61,62,63,64)/p+1. The number of anilines is 1. The number of carbonyl (C=O) groups excluding carboxylic acids is 1. The Morgan fingerprint density at radius 1 is 1.00 bits per heavy atom. The second-order valence-electron chi connectivity index (χ2n) is 18.8. The zero-order valence-corrected chi connectivity index (χ0v) is 41.5. The summed E-state index contributed by atoms with van der Waals surface area (Å²) in [5.41, 5.74) is 10.0. The predicted molar refractivity (Wildman–Crippen MR) is 267 cm³/mol. The lowest BCUT2D eigenvalue weighted by atomic mass is 9.81. The van der Waals surface area contributed by atoms with Gasteiger partial charge in [-0.1, -0.05) is 88.1 Å². The molecule has 2 aromatic carbocycles. The first-order chi connectivity index (χ1) is 32.6. The largest absolute Gasteiger partial charge is 0.472 e. The fourth-order valence-electron chi connectivity index (χ4n) is 9.92. The predicted octanol–water partition coefficient (Wildman–Crippen LogP) is 8.12. The molecule has 1 aliphatic carbocycles. The Morgan fingerprint density at radius 3 is 2.53 bits per heavy atom. The van der Waals surface area contributed by atoms with Crippen LogP contribution in [0.5, 0.6) is 0 Å². The van der Waals surface area contributed by atoms with E-state index in [0.29, 0.717) is 19.4 Å². The summed E-state index contributed by atoms with van der Waals surface area (Å²) in [5, 5.41) is 6.61. The second kappa shape index (κ2) is 21.8. The van der Waals surface area contributed by atoms with E-state index in [9.17, 15) is 23.8 Å². The number of hydrogen-bond donors (Lipinski definition) is 4. The molecule has 4 aliphatic rings. The molecule has 1 saturated heterocycles. The number of amides is 1. The zero-order valence-electron chi connectivity index (χ0n) is 40.7. The summed E-state index contributed by atoms with van der Waals surface area (Å²) in [5.74, 6) is 5.72. The molecule has 1 aromatic heterocycles. The van der Waals surface area contributed by atoms with Crippen molar-refractivity contribution in [3.63, 3.8) is 0 Å². The number of hydrogen-bond acceptors (Lipinski definition) is 9. The summed E-state index contributed by atoms with van der Waals surface area (Å²) < 4.78 is 30.7. The molecule has 68 heavy (non-hydrogen) atoms. The summed E-state index contributed by atoms with van der Waals surface area (Å²) in [6, 6.07) is 17.5. The first-order valence-corrected chi connectivity index (χ1v) is 25.5. The molecular formula is C53H68N6O8P+. The number of H-pyrrole nitrogens is 1. The van der Waals surface area contributed by atoms with Crippen LogP contribution in [0.2, 0.25) is 0 Å². The van der Waals surface area contributed by atoms with Gasteiger partial charge in [0.05, 0.1) is 24.7 Å². The van der Waals surface area contributed by atoms with Crippen LogP contribution in [0.25, 0.3) is 0 Å². The number of aromatic amines is 1. The highest BCUT2D eigenvalue weighted by Gasteiger charge is 2.44. The molecule has 3 aromatic rings. The molecular weight excluding hydrogens is 880 g/mol. The normalized spacial score (nSPS) is 21.6. The first-order valence-electron chi connectivity index (χ1n) is 24.0. The van der Waals surface area contributed by atoms with Gasteiger partial charge in [0, 0.05) is 91.4 Å². The highest BCUT2D eigenvalue weighted by molar-refractivity contribution is 7.47. The lowest BCUT2D eigenvalue weighted by Crippen LogP contribution is -2.34. The Kier molecular flexibility index (Phi) is 16.1. The molecule has 4 heterocycles. The third-order valence-corrected chi connectivity index (χ3v) is 14.4. The number of phosphoric acid groups is 1. The summed E-state index contributed by atoms with van der Waals surface area (Å²) >= 11 is 0. The van der Waals surface area contributed by atoms with Gasteiger partial charge in [0.15, 0.2) is 5.71 Å². The van der Waals surface area contributed by atoms with Crippen molar-refractivity contribution in [2.45, 2.75) is 122 Å². The van der Waals surface area contributed by atoms with Crippen LogP contribution in [0.4, 0.5) is 11.4 Å². The number of carbonyl (C=O) groups is 1. The summed E-state index contributed by atoms with van der Waals surface area (Å²) in [7, 11) is -3.10. The number of allylic oxidation sites excluding steroid dienone is 7. The molecule has 0 bridgehead atoms. The van der Waals surface area contributed by atoms with E-state index in [1.165, 1.54) is 55.8 Å². The molecule has 7 rings (SSSR count). The van der Waals surface area contributed by atoms with Crippen molar-refractivity contribution < 1.29 is 32.6 Å². The van der Waals surface area contributed by atoms with Crippen LogP contribution in [0.1, 0.15) is 116 Å². The van der Waals surface area contributed by atoms with Crippen LogP contribution < -0.4 is 26.8 Å². The van der Waals surface area contributed by atoms with E-state index in [-0.39, 0.29) is 48.3 Å². The quantitative estimate of drug-likeness (QED) is 0.0556. The average Bonchev–Trinajstić information content (AvgIpc) is 3.94. The molecule has 1 amide bonds. The van der Waals surface area contributed by atoms with Gasteiger partial charge < -0.3 is 25.2 Å². The van der Waals surface area contributed by atoms with E-state index in [2.05, 4.69) is 156 Å². The first kappa shape index (κ1) is 50.3. The van der Waals surface area contributed by atoms with Crippen molar-refractivity contribution in [2.24, 2.45) is 0 Å². The van der Waals surface area contributed by atoms with Crippen molar-refractivity contribution >= 4 is 30.8 Å². The molecule has 0 radical (unpaired) electrons. The van der Waals surface area contributed by atoms with E-state index < -0.39 is 31.4 Å². The number of benzene rings is 2. The molecule has 1 fully saturated rings. The Labute approximate surface area is 400 Å². The maximum atomic E-state index is 13.2. The van der Waals surface area contributed by atoms with Crippen LogP contribution >= 0.6 is 7.82 Å². The van der Waals surface area contributed by atoms with Gasteiger partial charge in [0.2, 0.25) is 11.6 Å². The van der Waals surface area contributed by atoms with Gasteiger partial charge in [0.1, 0.15) is 12.8 Å². The Morgan fingerprint density at radius 2 is 1.76 bits per heavy atom. The highest BCUT2D eigenvalue weighted by Crippen LogP contribution is 2.48. The van der Waals surface area contributed by atoms with Gasteiger partial charge in [-0.15, -0.1) is 0 Å². The molecule has 4 N–H and O–H groups in total. The molecule has 0 saturated carbocycles. The minimum Gasteiger partial charge on any atom is -0.384 e. The van der Waals surface area contributed by atoms with E-state index in [0.717, 1.165) is 58.0 Å². The fourth-order valence-corrected chi connectivity index (χ4v) is 10.4. The zero-order chi connectivity index (χ0) is 48.6. The minimum atomic E-state index is -4.17. The van der Waals surface area contributed by atoms with Crippen molar-refractivity contribution in [1.82, 2.24) is 20.2 Å². The maximum Gasteiger partial charge on any atom is 0.472 e. The van der Waals surface area contributed by atoms with E-state index in [4.69, 9.17) is 9.26 Å². The number of phosphoric ester groups is 1. The van der Waals surface area contributed by atoms with Crippen molar-refractivity contribution in [2.75, 3.05) is 44.8 Å². The minimum absolute atomic E-state index is 0.0433. The summed E-state index contributed by atoms with van der Waals surface area (Å²) in [6.45, 7) is 15.9. The van der Waals surface area contributed by atoms with Crippen LogP contribution in [-0.2, 0) is 40.4 Å². The molecule has 3 atom stereocenters. The van der Waals surface area contributed by atoms with E-state index in [1.54, 1.807) is 0 Å². The van der Waals surface area contributed by atoms with Gasteiger partial charge in [-0.05, 0) is 81.2 Å². The topological polar surface area (TPSA) is 167 Å². The van der Waals surface area contributed by atoms with Crippen LogP contribution in [0.15, 0.2) is 111 Å². The Balaban J connectivity index is 1.05. The third kappa shape index (κ3) is 11.1. The third-order valence-electron chi connectivity index (χ3n) is 13.4. The molecule has 3 aliphatic heterocycles. The molecule has 3 unspecified atom stereocenters.